The Morgan fingerprint density at radius 3 is 2.73 bits per heavy atom. The van der Waals surface area contributed by atoms with Crippen LogP contribution in [0.2, 0.25) is 0 Å². The van der Waals surface area contributed by atoms with Gasteiger partial charge in [-0.2, -0.15) is 0 Å². The Balaban J connectivity index is 2.91. The summed E-state index contributed by atoms with van der Waals surface area (Å²) < 4.78 is 13.1. The van der Waals surface area contributed by atoms with Crippen LogP contribution in [-0.2, 0) is 6.42 Å². The summed E-state index contributed by atoms with van der Waals surface area (Å²) in [6, 6.07) is 4.32. The molecule has 0 fully saturated rings. The van der Waals surface area contributed by atoms with Crippen LogP contribution in [0.4, 0.5) is 4.39 Å². The lowest BCUT2D eigenvalue weighted by Crippen LogP contribution is -2.06. The summed E-state index contributed by atoms with van der Waals surface area (Å²) in [6.07, 6.45) is 0.737. The normalized spacial score (nSPS) is 10.9. The van der Waals surface area contributed by atoms with Crippen LogP contribution in [0.25, 0.3) is 10.9 Å². The van der Waals surface area contributed by atoms with Crippen LogP contribution in [-0.4, -0.2) is 4.98 Å². The van der Waals surface area contributed by atoms with Gasteiger partial charge in [0.05, 0.1) is 5.52 Å². The van der Waals surface area contributed by atoms with Crippen molar-refractivity contribution in [2.75, 3.05) is 0 Å². The number of hydrogen-bond acceptors (Lipinski definition) is 1. The maximum absolute atomic E-state index is 13.1. The maximum atomic E-state index is 13.1. The Hall–Kier alpha value is -1.64. The first-order valence-corrected chi connectivity index (χ1v) is 4.94. The molecule has 15 heavy (non-hydrogen) atoms. The van der Waals surface area contributed by atoms with E-state index < -0.39 is 0 Å². The van der Waals surface area contributed by atoms with Gasteiger partial charge in [0.1, 0.15) is 5.82 Å². The van der Waals surface area contributed by atoms with E-state index in [0.717, 1.165) is 12.1 Å². The molecule has 0 saturated carbocycles. The van der Waals surface area contributed by atoms with E-state index in [1.54, 1.807) is 13.0 Å². The Labute approximate surface area is 86.8 Å². The number of H-pyrrole nitrogens is 1. The van der Waals surface area contributed by atoms with Crippen molar-refractivity contribution in [1.82, 2.24) is 4.98 Å². The molecule has 2 rings (SSSR count). The molecule has 3 heteroatoms. The molecular formula is C12H12FNO. The van der Waals surface area contributed by atoms with Gasteiger partial charge in [-0.05, 0) is 31.0 Å². The molecule has 0 unspecified atom stereocenters. The third kappa shape index (κ3) is 1.65. The molecule has 0 radical (unpaired) electrons. The summed E-state index contributed by atoms with van der Waals surface area (Å²) in [5.74, 6) is -0.316. The monoisotopic (exact) mass is 205 g/mol. The van der Waals surface area contributed by atoms with Crippen LogP contribution < -0.4 is 5.43 Å². The molecule has 0 aliphatic carbocycles. The maximum Gasteiger partial charge on any atom is 0.189 e. The quantitative estimate of drug-likeness (QED) is 0.762. The summed E-state index contributed by atoms with van der Waals surface area (Å²) in [6.45, 7) is 3.69. The van der Waals surface area contributed by atoms with Crippen molar-refractivity contribution in [3.05, 3.63) is 45.5 Å². The summed E-state index contributed by atoms with van der Waals surface area (Å²) in [5.41, 5.74) is 2.04. The number of aryl methyl sites for hydroxylation is 2. The molecule has 1 N–H and O–H groups in total. The van der Waals surface area contributed by atoms with Crippen LogP contribution in [0, 0.1) is 12.7 Å². The largest absolute Gasteiger partial charge is 0.358 e. The van der Waals surface area contributed by atoms with Gasteiger partial charge in [0, 0.05) is 17.1 Å². The van der Waals surface area contributed by atoms with Gasteiger partial charge in [-0.15, -0.1) is 0 Å². The van der Waals surface area contributed by atoms with Crippen molar-refractivity contribution in [3.8, 4) is 0 Å². The van der Waals surface area contributed by atoms with E-state index in [9.17, 15) is 9.18 Å². The average Bonchev–Trinajstić information content (AvgIpc) is 2.15. The van der Waals surface area contributed by atoms with Gasteiger partial charge < -0.3 is 4.98 Å². The second-order valence-electron chi connectivity index (χ2n) is 3.66. The minimum atomic E-state index is -0.316. The Morgan fingerprint density at radius 1 is 1.33 bits per heavy atom. The molecule has 0 bridgehead atoms. The lowest BCUT2D eigenvalue weighted by Gasteiger charge is -2.04. The molecule has 0 aliphatic rings. The number of aromatic nitrogens is 1. The van der Waals surface area contributed by atoms with Gasteiger partial charge in [0.25, 0.3) is 0 Å². The molecule has 0 aliphatic heterocycles. The first kappa shape index (κ1) is 9.90. The predicted octanol–water partition coefficient (Wildman–Crippen LogP) is 2.54. The Bertz CT molecular complexity index is 572. The smallest absolute Gasteiger partial charge is 0.189 e. The van der Waals surface area contributed by atoms with E-state index in [-0.39, 0.29) is 11.2 Å². The van der Waals surface area contributed by atoms with Gasteiger partial charge in [0.2, 0.25) is 0 Å². The van der Waals surface area contributed by atoms with Gasteiger partial charge in [0.15, 0.2) is 5.43 Å². The number of fused-ring (bicyclic) bond motifs is 1. The number of benzene rings is 1. The lowest BCUT2D eigenvalue weighted by molar-refractivity contribution is 0.628. The van der Waals surface area contributed by atoms with E-state index >= 15 is 0 Å². The zero-order valence-electron chi connectivity index (χ0n) is 8.73. The first-order chi connectivity index (χ1) is 7.11. The summed E-state index contributed by atoms with van der Waals surface area (Å²) in [5, 5.41) is 0.577. The fourth-order valence-electron chi connectivity index (χ4n) is 1.80. The van der Waals surface area contributed by atoms with Crippen molar-refractivity contribution in [2.24, 2.45) is 0 Å². The molecule has 2 aromatic rings. The molecule has 1 aromatic heterocycles. The summed E-state index contributed by atoms with van der Waals surface area (Å²) in [7, 11) is 0. The van der Waals surface area contributed by atoms with E-state index in [1.165, 1.54) is 12.1 Å². The van der Waals surface area contributed by atoms with E-state index in [1.807, 2.05) is 6.92 Å². The Morgan fingerprint density at radius 2 is 2.07 bits per heavy atom. The van der Waals surface area contributed by atoms with Gasteiger partial charge in [-0.25, -0.2) is 4.39 Å². The number of aromatic amines is 1. The molecular weight excluding hydrogens is 193 g/mol. The highest BCUT2D eigenvalue weighted by Crippen LogP contribution is 2.15. The minimum absolute atomic E-state index is 0.0434. The molecule has 0 amide bonds. The number of nitrogens with one attached hydrogen (secondary N) is 1. The van der Waals surface area contributed by atoms with E-state index in [4.69, 9.17) is 0 Å². The molecule has 0 spiro atoms. The second-order valence-corrected chi connectivity index (χ2v) is 3.66. The molecule has 0 atom stereocenters. The van der Waals surface area contributed by atoms with E-state index in [2.05, 4.69) is 4.98 Å². The predicted molar refractivity (Wildman–Crippen MR) is 58.6 cm³/mol. The Kier molecular flexibility index (Phi) is 2.31. The second kappa shape index (κ2) is 3.50. The van der Waals surface area contributed by atoms with Crippen molar-refractivity contribution in [2.45, 2.75) is 20.3 Å². The van der Waals surface area contributed by atoms with Crippen LogP contribution in [0.5, 0.6) is 0 Å². The van der Waals surface area contributed by atoms with Crippen molar-refractivity contribution in [3.63, 3.8) is 0 Å². The molecule has 1 heterocycles. The molecule has 0 saturated heterocycles. The number of hydrogen-bond donors (Lipinski definition) is 1. The van der Waals surface area contributed by atoms with Crippen molar-refractivity contribution < 1.29 is 4.39 Å². The fraction of sp³-hybridized carbons (Fsp3) is 0.250. The third-order valence-electron chi connectivity index (χ3n) is 2.53. The van der Waals surface area contributed by atoms with Crippen LogP contribution in [0.3, 0.4) is 0 Å². The third-order valence-corrected chi connectivity index (χ3v) is 2.53. The lowest BCUT2D eigenvalue weighted by atomic mass is 10.1. The number of pyridine rings is 1. The van der Waals surface area contributed by atoms with Gasteiger partial charge >= 0.3 is 0 Å². The summed E-state index contributed by atoms with van der Waals surface area (Å²) >= 11 is 0. The standard InChI is InChI=1S/C12H12FNO/c1-3-9-6-11(15)12-7(2)4-8(13)5-10(12)14-9/h4-6H,3H2,1-2H3,(H,14,15). The highest BCUT2D eigenvalue weighted by molar-refractivity contribution is 5.82. The molecule has 2 nitrogen and oxygen atoms in total. The first-order valence-electron chi connectivity index (χ1n) is 4.94. The fourth-order valence-corrected chi connectivity index (χ4v) is 1.80. The number of halogens is 1. The minimum Gasteiger partial charge on any atom is -0.358 e. The van der Waals surface area contributed by atoms with E-state index in [0.29, 0.717) is 16.5 Å². The van der Waals surface area contributed by atoms with Crippen LogP contribution in [0.1, 0.15) is 18.2 Å². The highest BCUT2D eigenvalue weighted by Gasteiger charge is 2.05. The van der Waals surface area contributed by atoms with Crippen molar-refractivity contribution >= 4 is 10.9 Å². The van der Waals surface area contributed by atoms with Gasteiger partial charge in [-0.1, -0.05) is 6.92 Å². The van der Waals surface area contributed by atoms with Gasteiger partial charge in [-0.3, -0.25) is 4.79 Å². The van der Waals surface area contributed by atoms with Crippen LogP contribution >= 0.6 is 0 Å². The molecule has 78 valence electrons. The number of rotatable bonds is 1. The molecule has 1 aromatic carbocycles. The zero-order valence-corrected chi connectivity index (χ0v) is 8.73. The van der Waals surface area contributed by atoms with Crippen LogP contribution in [0.15, 0.2) is 23.0 Å². The zero-order chi connectivity index (χ0) is 11.0. The average molecular weight is 205 g/mol. The topological polar surface area (TPSA) is 32.9 Å². The SMILES string of the molecule is CCc1cc(=O)c2c(C)cc(F)cc2[nH]1. The highest BCUT2D eigenvalue weighted by atomic mass is 19.1. The van der Waals surface area contributed by atoms with Crippen molar-refractivity contribution in [1.29, 1.82) is 0 Å². The summed E-state index contributed by atoms with van der Waals surface area (Å²) in [4.78, 5) is 14.8.